The first-order valence-electron chi connectivity index (χ1n) is 8.77. The summed E-state index contributed by atoms with van der Waals surface area (Å²) in [4.78, 5) is 19.2. The molecule has 1 aromatic heterocycles. The molecular weight excluding hydrogens is 362 g/mol. The summed E-state index contributed by atoms with van der Waals surface area (Å²) in [5.74, 6) is 1.68. The predicted octanol–water partition coefficient (Wildman–Crippen LogP) is 3.07. The summed E-state index contributed by atoms with van der Waals surface area (Å²) in [5, 5.41) is 3.95. The molecule has 27 heavy (non-hydrogen) atoms. The van der Waals surface area contributed by atoms with Crippen molar-refractivity contribution in [1.82, 2.24) is 10.3 Å². The molecule has 1 fully saturated rings. The normalized spacial score (nSPS) is 14.1. The molecule has 0 radical (unpaired) electrons. The zero-order valence-corrected chi connectivity index (χ0v) is 16.1. The Balaban J connectivity index is 1.32. The quantitative estimate of drug-likeness (QED) is 0.709. The maximum atomic E-state index is 12.4. The van der Waals surface area contributed by atoms with Gasteiger partial charge in [0.05, 0.1) is 24.8 Å². The number of rotatable bonds is 6. The number of benzene rings is 2. The first kappa shape index (κ1) is 17.6. The van der Waals surface area contributed by atoms with Crippen molar-refractivity contribution in [1.29, 1.82) is 0 Å². The number of carbonyl (C=O) groups is 1. The molecule has 7 heteroatoms. The molecule has 2 heterocycles. The van der Waals surface area contributed by atoms with E-state index in [-0.39, 0.29) is 11.8 Å². The van der Waals surface area contributed by atoms with Crippen LogP contribution in [0.15, 0.2) is 42.5 Å². The average Bonchev–Trinajstić information content (AvgIpc) is 3.09. The van der Waals surface area contributed by atoms with E-state index >= 15 is 0 Å². The van der Waals surface area contributed by atoms with Crippen LogP contribution in [0.5, 0.6) is 11.5 Å². The number of nitrogens with zero attached hydrogens (tertiary/aromatic N) is 2. The third kappa shape index (κ3) is 3.55. The molecule has 0 spiro atoms. The zero-order chi connectivity index (χ0) is 18.8. The molecule has 1 aliphatic heterocycles. The lowest BCUT2D eigenvalue weighted by Crippen LogP contribution is -2.53. The van der Waals surface area contributed by atoms with E-state index in [0.717, 1.165) is 32.4 Å². The van der Waals surface area contributed by atoms with Gasteiger partial charge in [-0.05, 0) is 29.8 Å². The van der Waals surface area contributed by atoms with Crippen molar-refractivity contribution in [2.24, 2.45) is 5.92 Å². The monoisotopic (exact) mass is 383 g/mol. The van der Waals surface area contributed by atoms with Gasteiger partial charge < -0.3 is 19.7 Å². The van der Waals surface area contributed by atoms with Gasteiger partial charge in [-0.25, -0.2) is 4.98 Å². The van der Waals surface area contributed by atoms with Crippen molar-refractivity contribution in [2.45, 2.75) is 6.54 Å². The average molecular weight is 383 g/mol. The minimum Gasteiger partial charge on any atom is -0.497 e. The molecule has 1 N–H and O–H groups in total. The Morgan fingerprint density at radius 1 is 1.19 bits per heavy atom. The molecule has 1 amide bonds. The molecule has 6 nitrogen and oxygen atoms in total. The molecule has 2 aromatic carbocycles. The Labute approximate surface area is 161 Å². The van der Waals surface area contributed by atoms with Gasteiger partial charge in [-0.2, -0.15) is 0 Å². The number of fused-ring (bicyclic) bond motifs is 1. The van der Waals surface area contributed by atoms with Gasteiger partial charge in [-0.15, -0.1) is 0 Å². The minimum absolute atomic E-state index is 0.00263. The Morgan fingerprint density at radius 3 is 2.67 bits per heavy atom. The van der Waals surface area contributed by atoms with Crippen molar-refractivity contribution in [2.75, 3.05) is 32.2 Å². The van der Waals surface area contributed by atoms with Crippen LogP contribution in [0.4, 0.5) is 5.13 Å². The Morgan fingerprint density at radius 2 is 1.96 bits per heavy atom. The van der Waals surface area contributed by atoms with Gasteiger partial charge in [0.15, 0.2) is 5.13 Å². The lowest BCUT2D eigenvalue weighted by molar-refractivity contribution is -0.125. The molecule has 1 saturated heterocycles. The molecule has 140 valence electrons. The van der Waals surface area contributed by atoms with E-state index in [0.29, 0.717) is 19.6 Å². The van der Waals surface area contributed by atoms with E-state index < -0.39 is 0 Å². The van der Waals surface area contributed by atoms with E-state index in [1.165, 1.54) is 0 Å². The fourth-order valence-electron chi connectivity index (χ4n) is 3.09. The fraction of sp³-hybridized carbons (Fsp3) is 0.300. The predicted molar refractivity (Wildman–Crippen MR) is 107 cm³/mol. The minimum atomic E-state index is -0.00263. The fourth-order valence-corrected chi connectivity index (χ4v) is 4.09. The first-order valence-corrected chi connectivity index (χ1v) is 9.58. The molecule has 1 aliphatic rings. The van der Waals surface area contributed by atoms with Crippen LogP contribution >= 0.6 is 11.3 Å². The number of thiazole rings is 1. The lowest BCUT2D eigenvalue weighted by atomic mass is 10.00. The maximum absolute atomic E-state index is 12.4. The van der Waals surface area contributed by atoms with Gasteiger partial charge in [-0.1, -0.05) is 29.5 Å². The first-order chi connectivity index (χ1) is 13.2. The highest BCUT2D eigenvalue weighted by Gasteiger charge is 2.34. The van der Waals surface area contributed by atoms with Crippen LogP contribution in [0, 0.1) is 5.92 Å². The lowest BCUT2D eigenvalue weighted by Gasteiger charge is -2.37. The second-order valence-corrected chi connectivity index (χ2v) is 7.48. The molecule has 0 unspecified atom stereocenters. The number of hydrogen-bond donors (Lipinski definition) is 1. The Bertz CT molecular complexity index is 949. The largest absolute Gasteiger partial charge is 0.497 e. The number of anilines is 1. The van der Waals surface area contributed by atoms with Gasteiger partial charge in [0.2, 0.25) is 5.91 Å². The molecule has 0 atom stereocenters. The second-order valence-electron chi connectivity index (χ2n) is 6.47. The number of aromatic nitrogens is 1. The van der Waals surface area contributed by atoms with Crippen LogP contribution in [0.25, 0.3) is 10.2 Å². The van der Waals surface area contributed by atoms with E-state index in [1.54, 1.807) is 25.6 Å². The number of amides is 1. The number of hydrogen-bond acceptors (Lipinski definition) is 6. The highest BCUT2D eigenvalue weighted by Crippen LogP contribution is 2.36. The van der Waals surface area contributed by atoms with Crippen LogP contribution in [0.1, 0.15) is 5.56 Å². The van der Waals surface area contributed by atoms with Gasteiger partial charge >= 0.3 is 0 Å². The molecule has 0 saturated carbocycles. The summed E-state index contributed by atoms with van der Waals surface area (Å²) >= 11 is 1.63. The SMILES string of the molecule is COc1ccc(CNC(=O)C2CN(c3nc4c(OC)cccc4s3)C2)cc1. The van der Waals surface area contributed by atoms with Crippen molar-refractivity contribution in [3.05, 3.63) is 48.0 Å². The smallest absolute Gasteiger partial charge is 0.226 e. The molecule has 3 aromatic rings. The standard InChI is InChI=1S/C20H21N3O3S/c1-25-15-8-6-13(7-9-15)10-21-19(24)14-11-23(12-14)20-22-18-16(26-2)4-3-5-17(18)27-20/h3-9,14H,10-12H2,1-2H3,(H,21,24). The van der Waals surface area contributed by atoms with E-state index in [4.69, 9.17) is 9.47 Å². The van der Waals surface area contributed by atoms with E-state index in [9.17, 15) is 4.79 Å². The number of ether oxygens (including phenoxy) is 2. The van der Waals surface area contributed by atoms with Gasteiger partial charge in [-0.3, -0.25) is 4.79 Å². The van der Waals surface area contributed by atoms with Crippen LogP contribution in [0.3, 0.4) is 0 Å². The molecule has 0 aliphatic carbocycles. The third-order valence-electron chi connectivity index (χ3n) is 4.74. The molecular formula is C20H21N3O3S. The van der Waals surface area contributed by atoms with Crippen LogP contribution < -0.4 is 19.7 Å². The second kappa shape index (κ2) is 7.44. The summed E-state index contributed by atoms with van der Waals surface area (Å²) in [5.41, 5.74) is 1.94. The van der Waals surface area contributed by atoms with Crippen molar-refractivity contribution >= 4 is 32.6 Å². The summed E-state index contributed by atoms with van der Waals surface area (Å²) in [6, 6.07) is 13.6. The number of nitrogens with one attached hydrogen (secondary N) is 1. The Hall–Kier alpha value is -2.80. The number of para-hydroxylation sites is 1. The highest BCUT2D eigenvalue weighted by atomic mass is 32.1. The highest BCUT2D eigenvalue weighted by molar-refractivity contribution is 7.22. The van der Waals surface area contributed by atoms with E-state index in [2.05, 4.69) is 15.2 Å². The summed E-state index contributed by atoms with van der Waals surface area (Å²) in [6.07, 6.45) is 0. The van der Waals surface area contributed by atoms with Crippen LogP contribution in [-0.2, 0) is 11.3 Å². The molecule has 4 rings (SSSR count). The van der Waals surface area contributed by atoms with Crippen molar-refractivity contribution < 1.29 is 14.3 Å². The zero-order valence-electron chi connectivity index (χ0n) is 15.3. The maximum Gasteiger partial charge on any atom is 0.226 e. The van der Waals surface area contributed by atoms with Gasteiger partial charge in [0.1, 0.15) is 17.0 Å². The number of carbonyl (C=O) groups excluding carboxylic acids is 1. The van der Waals surface area contributed by atoms with Gasteiger partial charge in [0.25, 0.3) is 0 Å². The summed E-state index contributed by atoms with van der Waals surface area (Å²) < 4.78 is 11.6. The molecule has 0 bridgehead atoms. The Kier molecular flexibility index (Phi) is 4.85. The van der Waals surface area contributed by atoms with Crippen LogP contribution in [-0.4, -0.2) is 38.2 Å². The summed E-state index contributed by atoms with van der Waals surface area (Å²) in [6.45, 7) is 1.91. The van der Waals surface area contributed by atoms with Crippen LogP contribution in [0.2, 0.25) is 0 Å². The van der Waals surface area contributed by atoms with Gasteiger partial charge in [0, 0.05) is 19.6 Å². The number of methoxy groups -OCH3 is 2. The topological polar surface area (TPSA) is 63.7 Å². The summed E-state index contributed by atoms with van der Waals surface area (Å²) in [7, 11) is 3.29. The van der Waals surface area contributed by atoms with Crippen molar-refractivity contribution in [3.8, 4) is 11.5 Å². The van der Waals surface area contributed by atoms with E-state index in [1.807, 2.05) is 42.5 Å². The third-order valence-corrected chi connectivity index (χ3v) is 5.82. The van der Waals surface area contributed by atoms with Crippen molar-refractivity contribution in [3.63, 3.8) is 0 Å².